The van der Waals surface area contributed by atoms with E-state index < -0.39 is 17.7 Å². The third-order valence-corrected chi connectivity index (χ3v) is 3.13. The second kappa shape index (κ2) is 4.87. The number of benzene rings is 1. The summed E-state index contributed by atoms with van der Waals surface area (Å²) in [6.45, 7) is 0. The molecule has 0 bridgehead atoms. The van der Waals surface area contributed by atoms with Gasteiger partial charge in [-0.2, -0.15) is 13.2 Å². The Hall–Kier alpha value is -2.83. The maximum absolute atomic E-state index is 13.0. The quantitative estimate of drug-likeness (QED) is 0.770. The van der Waals surface area contributed by atoms with Gasteiger partial charge in [0, 0.05) is 11.6 Å². The predicted molar refractivity (Wildman–Crippen MR) is 71.4 cm³/mol. The fourth-order valence-corrected chi connectivity index (χ4v) is 2.13. The summed E-state index contributed by atoms with van der Waals surface area (Å²) in [5.41, 5.74) is -0.618. The van der Waals surface area contributed by atoms with Crippen LogP contribution in [-0.2, 0) is 6.18 Å². The highest BCUT2D eigenvalue weighted by molar-refractivity contribution is 5.90. The molecule has 0 aliphatic heterocycles. The number of rotatable bonds is 2. The molecule has 0 spiro atoms. The first-order chi connectivity index (χ1) is 10.4. The van der Waals surface area contributed by atoms with Gasteiger partial charge < -0.3 is 9.52 Å². The zero-order valence-corrected chi connectivity index (χ0v) is 10.9. The fraction of sp³-hybridized carbons (Fsp3) is 0.0667. The molecule has 1 aromatic carbocycles. The van der Waals surface area contributed by atoms with Gasteiger partial charge in [0.05, 0.1) is 11.1 Å². The number of nitrogens with zero attached hydrogens (tertiary/aromatic N) is 1. The van der Waals surface area contributed by atoms with Crippen molar-refractivity contribution in [2.24, 2.45) is 0 Å². The average molecular weight is 307 g/mol. The van der Waals surface area contributed by atoms with Crippen LogP contribution in [0.5, 0.6) is 0 Å². The summed E-state index contributed by atoms with van der Waals surface area (Å²) in [5, 5.41) is 8.85. The van der Waals surface area contributed by atoms with Crippen LogP contribution in [0.3, 0.4) is 0 Å². The number of alkyl halides is 3. The van der Waals surface area contributed by atoms with Crippen LogP contribution in [0.25, 0.3) is 22.4 Å². The van der Waals surface area contributed by atoms with Crippen molar-refractivity contribution in [1.29, 1.82) is 0 Å². The average Bonchev–Trinajstić information content (AvgIpc) is 2.90. The van der Waals surface area contributed by atoms with Crippen LogP contribution in [0.15, 0.2) is 47.0 Å². The zero-order valence-electron chi connectivity index (χ0n) is 10.9. The van der Waals surface area contributed by atoms with E-state index in [-0.39, 0.29) is 28.0 Å². The third kappa shape index (κ3) is 2.41. The Morgan fingerprint density at radius 3 is 2.64 bits per heavy atom. The van der Waals surface area contributed by atoms with Gasteiger partial charge in [-0.25, -0.2) is 4.79 Å². The molecular formula is C15H8F3NO3. The van der Waals surface area contributed by atoms with Crippen molar-refractivity contribution in [1.82, 2.24) is 4.98 Å². The van der Waals surface area contributed by atoms with E-state index in [1.54, 1.807) is 0 Å². The molecule has 4 nitrogen and oxygen atoms in total. The van der Waals surface area contributed by atoms with Gasteiger partial charge in [-0.15, -0.1) is 0 Å². The van der Waals surface area contributed by atoms with Crippen molar-refractivity contribution in [2.45, 2.75) is 6.18 Å². The summed E-state index contributed by atoms with van der Waals surface area (Å²) in [6, 6.07) is 7.37. The molecule has 0 amide bonds. The van der Waals surface area contributed by atoms with Crippen LogP contribution in [0.2, 0.25) is 0 Å². The second-order valence-electron chi connectivity index (χ2n) is 4.56. The molecule has 22 heavy (non-hydrogen) atoms. The molecule has 0 atom stereocenters. The lowest BCUT2D eigenvalue weighted by molar-refractivity contribution is -0.136. The summed E-state index contributed by atoms with van der Waals surface area (Å²) >= 11 is 0. The molecule has 3 rings (SSSR count). The molecule has 0 unspecified atom stereocenters. The van der Waals surface area contributed by atoms with Crippen LogP contribution >= 0.6 is 0 Å². The van der Waals surface area contributed by atoms with Crippen LogP contribution < -0.4 is 0 Å². The van der Waals surface area contributed by atoms with Gasteiger partial charge in [0.25, 0.3) is 0 Å². The van der Waals surface area contributed by atoms with Gasteiger partial charge in [-0.1, -0.05) is 6.07 Å². The van der Waals surface area contributed by atoms with Crippen molar-refractivity contribution in [3.8, 4) is 11.5 Å². The van der Waals surface area contributed by atoms with E-state index >= 15 is 0 Å². The fourth-order valence-electron chi connectivity index (χ4n) is 2.13. The van der Waals surface area contributed by atoms with E-state index in [1.165, 1.54) is 36.5 Å². The standard InChI is InChI=1S/C15H8F3NO3/c16-15(17,18)10-2-1-3-12-9(10)7-13(22-12)11-6-8(14(20)21)4-5-19-11/h1-7H,(H,20,21). The number of halogens is 3. The lowest BCUT2D eigenvalue weighted by Gasteiger charge is -2.06. The van der Waals surface area contributed by atoms with Gasteiger partial charge in [0.1, 0.15) is 11.3 Å². The highest BCUT2D eigenvalue weighted by Gasteiger charge is 2.33. The zero-order chi connectivity index (χ0) is 15.9. The molecule has 2 aromatic heterocycles. The first kappa shape index (κ1) is 14.1. The normalized spacial score (nSPS) is 11.8. The van der Waals surface area contributed by atoms with Crippen LogP contribution in [0.1, 0.15) is 15.9 Å². The molecule has 0 aliphatic rings. The number of carboxylic acid groups (broad SMARTS) is 1. The minimum Gasteiger partial charge on any atom is -0.478 e. The number of furan rings is 1. The highest BCUT2D eigenvalue weighted by atomic mass is 19.4. The number of aromatic carboxylic acids is 1. The molecule has 0 aliphatic carbocycles. The molecule has 0 saturated carbocycles. The molecule has 3 aromatic rings. The molecular weight excluding hydrogens is 299 g/mol. The van der Waals surface area contributed by atoms with E-state index in [4.69, 9.17) is 9.52 Å². The molecule has 1 N–H and O–H groups in total. The molecule has 7 heteroatoms. The molecule has 0 radical (unpaired) electrons. The monoisotopic (exact) mass is 307 g/mol. The molecule has 0 fully saturated rings. The van der Waals surface area contributed by atoms with Crippen molar-refractivity contribution < 1.29 is 27.5 Å². The lowest BCUT2D eigenvalue weighted by atomic mass is 10.1. The number of fused-ring (bicyclic) bond motifs is 1. The van der Waals surface area contributed by atoms with Crippen molar-refractivity contribution >= 4 is 16.9 Å². The highest BCUT2D eigenvalue weighted by Crippen LogP contribution is 2.37. The maximum atomic E-state index is 13.0. The van der Waals surface area contributed by atoms with E-state index in [0.29, 0.717) is 0 Å². The number of carbonyl (C=O) groups is 1. The van der Waals surface area contributed by atoms with Crippen LogP contribution in [-0.4, -0.2) is 16.1 Å². The van der Waals surface area contributed by atoms with E-state index in [0.717, 1.165) is 6.07 Å². The van der Waals surface area contributed by atoms with E-state index in [2.05, 4.69) is 4.98 Å². The largest absolute Gasteiger partial charge is 0.478 e. The lowest BCUT2D eigenvalue weighted by Crippen LogP contribution is -2.04. The Morgan fingerprint density at radius 1 is 1.18 bits per heavy atom. The molecule has 2 heterocycles. The summed E-state index contributed by atoms with van der Waals surface area (Å²) in [4.78, 5) is 14.9. The van der Waals surface area contributed by atoms with Crippen LogP contribution in [0.4, 0.5) is 13.2 Å². The van der Waals surface area contributed by atoms with Gasteiger partial charge in [-0.05, 0) is 30.3 Å². The Bertz CT molecular complexity index is 868. The molecule has 0 saturated heterocycles. The number of hydrogen-bond donors (Lipinski definition) is 1. The second-order valence-corrected chi connectivity index (χ2v) is 4.56. The number of aromatic nitrogens is 1. The SMILES string of the molecule is O=C(O)c1ccnc(-c2cc3c(C(F)(F)F)cccc3o2)c1. The van der Waals surface area contributed by atoms with Crippen LogP contribution in [0, 0.1) is 0 Å². The first-order valence-electron chi connectivity index (χ1n) is 6.16. The third-order valence-electron chi connectivity index (χ3n) is 3.13. The van der Waals surface area contributed by atoms with Gasteiger partial charge in [0.15, 0.2) is 5.76 Å². The summed E-state index contributed by atoms with van der Waals surface area (Å²) < 4.78 is 44.3. The van der Waals surface area contributed by atoms with Crippen molar-refractivity contribution in [3.63, 3.8) is 0 Å². The van der Waals surface area contributed by atoms with Gasteiger partial charge >= 0.3 is 12.1 Å². The summed E-state index contributed by atoms with van der Waals surface area (Å²) in [6.07, 6.45) is -3.24. The summed E-state index contributed by atoms with van der Waals surface area (Å²) in [5.74, 6) is -1.08. The Balaban J connectivity index is 2.17. The van der Waals surface area contributed by atoms with Gasteiger partial charge in [0.2, 0.25) is 0 Å². The number of carboxylic acids is 1. The van der Waals surface area contributed by atoms with Gasteiger partial charge in [-0.3, -0.25) is 4.98 Å². The Morgan fingerprint density at radius 2 is 1.95 bits per heavy atom. The topological polar surface area (TPSA) is 63.3 Å². The maximum Gasteiger partial charge on any atom is 0.417 e. The number of hydrogen-bond acceptors (Lipinski definition) is 3. The first-order valence-corrected chi connectivity index (χ1v) is 6.16. The summed E-state index contributed by atoms with van der Waals surface area (Å²) in [7, 11) is 0. The molecule has 112 valence electrons. The Labute approximate surface area is 121 Å². The number of pyridine rings is 1. The minimum atomic E-state index is -4.50. The predicted octanol–water partition coefficient (Wildman–Crippen LogP) is 4.21. The van der Waals surface area contributed by atoms with Crippen molar-refractivity contribution in [2.75, 3.05) is 0 Å². The van der Waals surface area contributed by atoms with E-state index in [1.807, 2.05) is 0 Å². The minimum absolute atomic E-state index is 0.0264. The Kier molecular flexibility index (Phi) is 3.13. The smallest absolute Gasteiger partial charge is 0.417 e. The van der Waals surface area contributed by atoms with E-state index in [9.17, 15) is 18.0 Å². The van der Waals surface area contributed by atoms with Crippen molar-refractivity contribution in [3.05, 3.63) is 53.7 Å².